The lowest BCUT2D eigenvalue weighted by Crippen LogP contribution is -2.18. The van der Waals surface area contributed by atoms with Crippen LogP contribution < -0.4 is 5.73 Å². The molecule has 0 aromatic heterocycles. The molecule has 3 N–H and O–H groups in total. The lowest BCUT2D eigenvalue weighted by Gasteiger charge is -2.16. The van der Waals surface area contributed by atoms with Crippen LogP contribution in [0.4, 0.5) is 4.79 Å². The Hall–Kier alpha value is -1.20. The van der Waals surface area contributed by atoms with Gasteiger partial charge in [0.1, 0.15) is 6.61 Å². The maximum Gasteiger partial charge on any atom is 0.404 e. The zero-order valence-electron chi connectivity index (χ0n) is 11.7. The summed E-state index contributed by atoms with van der Waals surface area (Å²) in [5.41, 5.74) is 6.21. The highest BCUT2D eigenvalue weighted by atomic mass is 32.2. The van der Waals surface area contributed by atoms with E-state index < -0.39 is 6.09 Å². The molecule has 1 amide bonds. The van der Waals surface area contributed by atoms with Crippen molar-refractivity contribution in [2.75, 3.05) is 24.7 Å². The van der Waals surface area contributed by atoms with Gasteiger partial charge >= 0.3 is 6.09 Å². The van der Waals surface area contributed by atoms with Crippen molar-refractivity contribution in [1.82, 2.24) is 0 Å². The van der Waals surface area contributed by atoms with E-state index in [2.05, 4.69) is 0 Å². The van der Waals surface area contributed by atoms with Gasteiger partial charge < -0.3 is 15.6 Å². The van der Waals surface area contributed by atoms with Crippen molar-refractivity contribution in [3.63, 3.8) is 0 Å². The van der Waals surface area contributed by atoms with Crippen LogP contribution in [0.25, 0.3) is 0 Å². The number of aliphatic hydroxyl groups is 1. The molecule has 5 heteroatoms. The van der Waals surface area contributed by atoms with Crippen molar-refractivity contribution >= 4 is 17.9 Å². The number of thioether (sulfide) groups is 1. The Kier molecular flexibility index (Phi) is 8.91. The van der Waals surface area contributed by atoms with Crippen LogP contribution in [0.2, 0.25) is 0 Å². The van der Waals surface area contributed by atoms with E-state index in [1.807, 2.05) is 42.1 Å². The fourth-order valence-corrected chi connectivity index (χ4v) is 2.86. The first-order valence-corrected chi connectivity index (χ1v) is 8.05. The summed E-state index contributed by atoms with van der Waals surface area (Å²) in [5.74, 6) is 2.24. The summed E-state index contributed by atoms with van der Waals surface area (Å²) in [6.45, 7) is 0.590. The summed E-state index contributed by atoms with van der Waals surface area (Å²) in [5, 5.41) is 8.71. The number of hydrogen-bond donors (Lipinski definition) is 2. The fraction of sp³-hybridized carbons (Fsp3) is 0.533. The molecule has 0 aliphatic rings. The summed E-state index contributed by atoms with van der Waals surface area (Å²) in [6, 6.07) is 10.0. The number of hydrogen-bond acceptors (Lipinski definition) is 4. The predicted octanol–water partition coefficient (Wildman–Crippen LogP) is 2.76. The number of primary amides is 1. The predicted molar refractivity (Wildman–Crippen MR) is 83.0 cm³/mol. The van der Waals surface area contributed by atoms with E-state index in [1.54, 1.807) is 0 Å². The molecular formula is C15H23NO3S. The van der Waals surface area contributed by atoms with Gasteiger partial charge in [0.2, 0.25) is 0 Å². The van der Waals surface area contributed by atoms with E-state index in [-0.39, 0.29) is 12.5 Å². The van der Waals surface area contributed by atoms with Crippen LogP contribution in [0, 0.1) is 0 Å². The first kappa shape index (κ1) is 16.9. The summed E-state index contributed by atoms with van der Waals surface area (Å²) in [7, 11) is 0. The number of carbonyl (C=O) groups is 1. The lowest BCUT2D eigenvalue weighted by atomic mass is 9.95. The van der Waals surface area contributed by atoms with Crippen LogP contribution in [0.15, 0.2) is 30.3 Å². The molecule has 0 aliphatic heterocycles. The first-order chi connectivity index (χ1) is 9.74. The van der Waals surface area contributed by atoms with Crippen LogP contribution in [0.5, 0.6) is 0 Å². The molecular weight excluding hydrogens is 274 g/mol. The minimum absolute atomic E-state index is 0.196. The number of benzene rings is 1. The van der Waals surface area contributed by atoms with Crippen molar-refractivity contribution in [2.45, 2.75) is 25.2 Å². The molecule has 1 atom stereocenters. The van der Waals surface area contributed by atoms with Crippen molar-refractivity contribution in [3.05, 3.63) is 35.9 Å². The van der Waals surface area contributed by atoms with E-state index >= 15 is 0 Å². The molecule has 1 aromatic carbocycles. The normalized spacial score (nSPS) is 12.1. The second-order valence-corrected chi connectivity index (χ2v) is 5.79. The van der Waals surface area contributed by atoms with Crippen LogP contribution in [0.3, 0.4) is 0 Å². The maximum absolute atomic E-state index is 10.8. The van der Waals surface area contributed by atoms with Gasteiger partial charge in [0.15, 0.2) is 0 Å². The zero-order chi connectivity index (χ0) is 14.6. The molecule has 0 spiro atoms. The fourth-order valence-electron chi connectivity index (χ4n) is 1.95. The van der Waals surface area contributed by atoms with Crippen LogP contribution in [0.1, 0.15) is 30.7 Å². The third-order valence-electron chi connectivity index (χ3n) is 2.99. The minimum atomic E-state index is -0.719. The molecule has 0 saturated heterocycles. The van der Waals surface area contributed by atoms with E-state index in [0.29, 0.717) is 6.61 Å². The molecule has 0 radical (unpaired) electrons. The zero-order valence-corrected chi connectivity index (χ0v) is 12.5. The monoisotopic (exact) mass is 297 g/mol. The van der Waals surface area contributed by atoms with Crippen molar-refractivity contribution in [2.24, 2.45) is 5.73 Å². The first-order valence-electron chi connectivity index (χ1n) is 6.90. The van der Waals surface area contributed by atoms with Gasteiger partial charge in [-0.25, -0.2) is 4.79 Å². The van der Waals surface area contributed by atoms with Gasteiger partial charge in [0.25, 0.3) is 0 Å². The third-order valence-corrected chi connectivity index (χ3v) is 4.14. The molecule has 4 nitrogen and oxygen atoms in total. The van der Waals surface area contributed by atoms with Crippen molar-refractivity contribution in [3.8, 4) is 0 Å². The Balaban J connectivity index is 2.37. The number of ether oxygens (including phenoxy) is 1. The van der Waals surface area contributed by atoms with Crippen LogP contribution >= 0.6 is 11.8 Å². The maximum atomic E-state index is 10.8. The Morgan fingerprint density at radius 3 is 2.60 bits per heavy atom. The molecule has 1 rings (SSSR count). The van der Waals surface area contributed by atoms with E-state index in [4.69, 9.17) is 15.6 Å². The van der Waals surface area contributed by atoms with Gasteiger partial charge in [-0.3, -0.25) is 0 Å². The van der Waals surface area contributed by atoms with Gasteiger partial charge in [0, 0.05) is 12.5 Å². The van der Waals surface area contributed by atoms with Gasteiger partial charge in [-0.05, 0) is 36.3 Å². The van der Waals surface area contributed by atoms with Crippen LogP contribution in [-0.2, 0) is 4.74 Å². The van der Waals surface area contributed by atoms with Gasteiger partial charge in [-0.15, -0.1) is 0 Å². The van der Waals surface area contributed by atoms with E-state index in [9.17, 15) is 4.79 Å². The van der Waals surface area contributed by atoms with Crippen molar-refractivity contribution < 1.29 is 14.6 Å². The molecule has 0 bridgehead atoms. The highest BCUT2D eigenvalue weighted by molar-refractivity contribution is 7.99. The molecule has 0 unspecified atom stereocenters. The lowest BCUT2D eigenvalue weighted by molar-refractivity contribution is 0.147. The number of rotatable bonds is 10. The average Bonchev–Trinajstić information content (AvgIpc) is 2.46. The van der Waals surface area contributed by atoms with E-state index in [0.717, 1.165) is 30.8 Å². The average molecular weight is 297 g/mol. The molecule has 1 aromatic rings. The summed E-state index contributed by atoms with van der Waals surface area (Å²) in [4.78, 5) is 10.8. The third kappa shape index (κ3) is 7.40. The Morgan fingerprint density at radius 1 is 1.25 bits per heavy atom. The Bertz CT molecular complexity index is 373. The van der Waals surface area contributed by atoms with E-state index in [1.165, 1.54) is 5.56 Å². The minimum Gasteiger partial charge on any atom is -0.449 e. The summed E-state index contributed by atoms with van der Waals surface area (Å²) in [6.07, 6.45) is 2.14. The summed E-state index contributed by atoms with van der Waals surface area (Å²) < 4.78 is 4.95. The number of aliphatic hydroxyl groups excluding tert-OH is 1. The van der Waals surface area contributed by atoms with Gasteiger partial charge in [0.05, 0.1) is 0 Å². The quantitative estimate of drug-likeness (QED) is 0.651. The second kappa shape index (κ2) is 10.6. The topological polar surface area (TPSA) is 72.6 Å². The molecule has 0 aliphatic carbocycles. The number of nitrogens with two attached hydrogens (primary N) is 1. The molecule has 0 heterocycles. The van der Waals surface area contributed by atoms with Gasteiger partial charge in [-0.1, -0.05) is 30.3 Å². The largest absolute Gasteiger partial charge is 0.449 e. The number of carbonyl (C=O) groups excluding carboxylic acids is 1. The number of amides is 1. The highest BCUT2D eigenvalue weighted by Crippen LogP contribution is 2.22. The molecule has 112 valence electrons. The molecule has 20 heavy (non-hydrogen) atoms. The molecule has 0 fully saturated rings. The summed E-state index contributed by atoms with van der Waals surface area (Å²) >= 11 is 1.85. The Morgan fingerprint density at radius 2 is 1.95 bits per heavy atom. The highest BCUT2D eigenvalue weighted by Gasteiger charge is 2.13. The van der Waals surface area contributed by atoms with Crippen LogP contribution in [-0.4, -0.2) is 35.9 Å². The van der Waals surface area contributed by atoms with Gasteiger partial charge in [-0.2, -0.15) is 11.8 Å². The Labute approximate surface area is 124 Å². The van der Waals surface area contributed by atoms with Crippen molar-refractivity contribution in [1.29, 1.82) is 0 Å². The second-order valence-electron chi connectivity index (χ2n) is 4.57. The smallest absolute Gasteiger partial charge is 0.404 e. The standard InChI is InChI=1S/C15H23NO3S/c16-15(18)19-12-14(13-6-2-1-3-7-13)8-4-10-20-11-5-9-17/h1-3,6-7,14,17H,4-5,8-12H2,(H2,16,18)/t14-/m1/s1. The molecule has 0 saturated carbocycles. The SMILES string of the molecule is NC(=O)OC[C@@H](CCCSCCCO)c1ccccc1.